The van der Waals surface area contributed by atoms with Gasteiger partial charge < -0.3 is 26.4 Å². The van der Waals surface area contributed by atoms with E-state index in [4.69, 9.17) is 5.73 Å². The Morgan fingerprint density at radius 2 is 1.70 bits per heavy atom. The average Bonchev–Trinajstić information content (AvgIpc) is 3.36. The number of thiol groups is 1. The van der Waals surface area contributed by atoms with Gasteiger partial charge in [-0.1, -0.05) is 55.3 Å². The van der Waals surface area contributed by atoms with Crippen LogP contribution in [0, 0.1) is 6.92 Å². The molecule has 2 fully saturated rings. The Bertz CT molecular complexity index is 1050. The Morgan fingerprint density at radius 3 is 2.38 bits per heavy atom. The molecule has 6 nitrogen and oxygen atoms in total. The van der Waals surface area contributed by atoms with E-state index in [0.717, 1.165) is 63.5 Å². The summed E-state index contributed by atoms with van der Waals surface area (Å²) in [5.74, 6) is 0.341. The number of primary amides is 1. The number of hydrogen-bond donors (Lipinski definition) is 6. The molecule has 4 rings (SSSR count). The van der Waals surface area contributed by atoms with Crippen molar-refractivity contribution in [2.24, 2.45) is 5.73 Å². The van der Waals surface area contributed by atoms with Crippen molar-refractivity contribution in [2.75, 3.05) is 18.6 Å². The van der Waals surface area contributed by atoms with Crippen LogP contribution in [0.5, 0.6) is 0 Å². The van der Waals surface area contributed by atoms with Crippen molar-refractivity contribution in [1.29, 1.82) is 0 Å². The molecule has 204 valence electrons. The van der Waals surface area contributed by atoms with Crippen LogP contribution in [0.2, 0.25) is 0 Å². The molecule has 2 aromatic rings. The van der Waals surface area contributed by atoms with E-state index in [1.54, 1.807) is 0 Å². The van der Waals surface area contributed by atoms with Crippen LogP contribution in [0.3, 0.4) is 0 Å². The van der Waals surface area contributed by atoms with Gasteiger partial charge in [-0.15, -0.1) is 0 Å². The molecule has 5 atom stereocenters. The molecule has 0 aromatic heterocycles. The zero-order valence-electron chi connectivity index (χ0n) is 22.2. The van der Waals surface area contributed by atoms with Crippen LogP contribution >= 0.6 is 10.9 Å². The first kappa shape index (κ1) is 28.1. The van der Waals surface area contributed by atoms with Gasteiger partial charge >= 0.3 is 0 Å². The van der Waals surface area contributed by atoms with E-state index in [1.165, 1.54) is 22.3 Å². The highest BCUT2D eigenvalue weighted by atomic mass is 32.2. The highest BCUT2D eigenvalue weighted by Crippen LogP contribution is 2.48. The fourth-order valence-corrected chi connectivity index (χ4v) is 8.42. The molecule has 6 N–H and O–H groups in total. The first-order valence-electron chi connectivity index (χ1n) is 13.7. The number of hydrogen-bond acceptors (Lipinski definition) is 5. The lowest BCUT2D eigenvalue weighted by molar-refractivity contribution is -0.124. The number of amides is 1. The quantitative estimate of drug-likeness (QED) is 0.209. The van der Waals surface area contributed by atoms with Crippen molar-refractivity contribution in [2.45, 2.75) is 87.4 Å². The van der Waals surface area contributed by atoms with Crippen molar-refractivity contribution >= 4 is 16.8 Å². The number of aliphatic hydroxyl groups is 3. The second-order valence-corrected chi connectivity index (χ2v) is 13.6. The zero-order chi connectivity index (χ0) is 26.6. The minimum Gasteiger partial charge on any atom is -0.390 e. The van der Waals surface area contributed by atoms with E-state index >= 15 is 0 Å². The van der Waals surface area contributed by atoms with Crippen molar-refractivity contribution in [3.05, 3.63) is 70.3 Å². The van der Waals surface area contributed by atoms with E-state index in [1.807, 2.05) is 0 Å². The van der Waals surface area contributed by atoms with E-state index in [9.17, 15) is 20.1 Å². The number of rotatable bonds is 10. The lowest BCUT2D eigenvalue weighted by Crippen LogP contribution is -2.53. The molecule has 1 unspecified atom stereocenters. The smallest absolute Gasteiger partial charge is 0.237 e. The monoisotopic (exact) mass is 528 g/mol. The van der Waals surface area contributed by atoms with Crippen LogP contribution in [0.1, 0.15) is 71.6 Å². The molecule has 1 saturated carbocycles. The normalized spacial score (nSPS) is 28.3. The molecule has 0 bridgehead atoms. The first-order valence-corrected chi connectivity index (χ1v) is 15.7. The Hall–Kier alpha value is -1.90. The molecule has 7 heteroatoms. The fraction of sp³-hybridized carbons (Fsp3) is 0.567. The summed E-state index contributed by atoms with van der Waals surface area (Å²) in [4.78, 5) is 11.9. The van der Waals surface area contributed by atoms with E-state index in [2.05, 4.69) is 61.0 Å². The summed E-state index contributed by atoms with van der Waals surface area (Å²) in [5.41, 5.74) is 11.2. The molecule has 1 amide bonds. The van der Waals surface area contributed by atoms with Crippen LogP contribution in [-0.4, -0.2) is 63.6 Å². The Labute approximate surface area is 224 Å². The summed E-state index contributed by atoms with van der Waals surface area (Å²) >= 11 is 0. The van der Waals surface area contributed by atoms with Crippen molar-refractivity contribution in [1.82, 2.24) is 5.32 Å². The van der Waals surface area contributed by atoms with E-state index in [-0.39, 0.29) is 11.2 Å². The van der Waals surface area contributed by atoms with E-state index < -0.39 is 34.7 Å². The topological polar surface area (TPSA) is 116 Å². The largest absolute Gasteiger partial charge is 0.390 e. The number of carbonyl (C=O) groups is 1. The minimum atomic E-state index is -1.09. The summed E-state index contributed by atoms with van der Waals surface area (Å²) in [6, 6.07) is 15.2. The highest BCUT2D eigenvalue weighted by molar-refractivity contribution is 8.16. The summed E-state index contributed by atoms with van der Waals surface area (Å²) in [6.45, 7) is 2.93. The Balaban J connectivity index is 1.31. The van der Waals surface area contributed by atoms with Gasteiger partial charge in [0.1, 0.15) is 6.10 Å². The van der Waals surface area contributed by atoms with Crippen LogP contribution in [0.25, 0.3) is 0 Å². The third kappa shape index (κ3) is 6.58. The number of aliphatic hydroxyl groups excluding tert-OH is 3. The maximum atomic E-state index is 11.9. The average molecular weight is 529 g/mol. The molecule has 2 aromatic carbocycles. The van der Waals surface area contributed by atoms with Crippen molar-refractivity contribution in [3.8, 4) is 0 Å². The Morgan fingerprint density at radius 1 is 1.03 bits per heavy atom. The summed E-state index contributed by atoms with van der Waals surface area (Å²) in [6.07, 6.45) is 6.98. The molecule has 37 heavy (non-hydrogen) atoms. The predicted octanol–water partition coefficient (Wildman–Crippen LogP) is 3.06. The third-order valence-corrected chi connectivity index (χ3v) is 10.9. The van der Waals surface area contributed by atoms with Gasteiger partial charge in [0, 0.05) is 11.0 Å². The predicted molar refractivity (Wildman–Crippen MR) is 152 cm³/mol. The number of nitrogens with two attached hydrogens (primary N) is 1. The van der Waals surface area contributed by atoms with Gasteiger partial charge in [0.05, 0.1) is 17.7 Å². The number of aryl methyl sites for hydroxylation is 2. The molecule has 2 aliphatic rings. The molecule has 0 radical (unpaired) electrons. The molecule has 0 spiro atoms. The lowest BCUT2D eigenvalue weighted by Gasteiger charge is -2.42. The first-order chi connectivity index (χ1) is 17.7. The van der Waals surface area contributed by atoms with Crippen LogP contribution in [-0.2, 0) is 17.6 Å². The lowest BCUT2D eigenvalue weighted by atomic mass is 9.93. The Kier molecular flexibility index (Phi) is 9.35. The van der Waals surface area contributed by atoms with Gasteiger partial charge in [0.15, 0.2) is 0 Å². The highest BCUT2D eigenvalue weighted by Gasteiger charge is 2.40. The van der Waals surface area contributed by atoms with Gasteiger partial charge in [0.25, 0.3) is 0 Å². The molecular formula is C30H44N2O4S. The molecular weight excluding hydrogens is 484 g/mol. The number of carbonyl (C=O) groups excluding carboxylic acids is 1. The number of unbranched alkanes of at least 4 members (excludes halogenated alkanes) is 1. The minimum absolute atomic E-state index is 0.129. The molecule has 1 heterocycles. The van der Waals surface area contributed by atoms with E-state index in [0.29, 0.717) is 5.75 Å². The molecule has 1 aliphatic heterocycles. The van der Waals surface area contributed by atoms with Gasteiger partial charge in [0.2, 0.25) is 5.91 Å². The summed E-state index contributed by atoms with van der Waals surface area (Å²) in [5, 5.41) is 34.3. The van der Waals surface area contributed by atoms with Gasteiger partial charge in [-0.05, 0) is 86.1 Å². The SMILES string of the molecule is Cc1ccc([C@H]2[C@H](O)[C@H](O)[C@H](O)C[SH]2C)cc1Cc1ccc(CCCCNC2(C(N)=O)CCCC2)cc1. The van der Waals surface area contributed by atoms with Gasteiger partial charge in [-0.2, -0.15) is 0 Å². The van der Waals surface area contributed by atoms with Crippen molar-refractivity contribution < 1.29 is 20.1 Å². The van der Waals surface area contributed by atoms with Gasteiger partial charge in [-0.25, -0.2) is 10.9 Å². The summed E-state index contributed by atoms with van der Waals surface area (Å²) < 4.78 is 0. The number of benzene rings is 2. The third-order valence-electron chi connectivity index (χ3n) is 8.43. The zero-order valence-corrected chi connectivity index (χ0v) is 23.1. The maximum Gasteiger partial charge on any atom is 0.237 e. The van der Waals surface area contributed by atoms with Crippen LogP contribution in [0.4, 0.5) is 0 Å². The molecule has 1 saturated heterocycles. The van der Waals surface area contributed by atoms with Crippen LogP contribution in [0.15, 0.2) is 42.5 Å². The van der Waals surface area contributed by atoms with Gasteiger partial charge in [-0.3, -0.25) is 4.79 Å². The summed E-state index contributed by atoms with van der Waals surface area (Å²) in [7, 11) is -0.628. The van der Waals surface area contributed by atoms with Crippen molar-refractivity contribution in [3.63, 3.8) is 0 Å². The van der Waals surface area contributed by atoms with Crippen LogP contribution < -0.4 is 11.1 Å². The molecule has 1 aliphatic carbocycles. The standard InChI is InChI=1S/C30H44N2O4S/c1-20-8-13-23(28-27(35)26(34)25(33)19-37(28)2)18-24(20)17-22-11-9-21(10-12-22)7-3-6-16-32-30(29(31)36)14-4-5-15-30/h8-13,18,25-28,32-35,37H,3-7,14-17,19H2,1-2H3,(H2,31,36)/t25-,26-,27-,28+/m1/s1. The fourth-order valence-electron chi connectivity index (χ4n) is 6.02. The maximum absolute atomic E-state index is 11.9. The second-order valence-electron chi connectivity index (χ2n) is 11.1. The second kappa shape index (κ2) is 12.3. The number of nitrogens with one attached hydrogen (secondary N) is 1.